The molecule has 8 heteroatoms. The fraction of sp³-hybridized carbons (Fsp3) is 0.235. The third-order valence-corrected chi connectivity index (χ3v) is 5.17. The smallest absolute Gasteiger partial charge is 0.257 e. The summed E-state index contributed by atoms with van der Waals surface area (Å²) in [6.07, 6.45) is 0.732. The van der Waals surface area contributed by atoms with Crippen LogP contribution in [0.2, 0.25) is 0 Å². The van der Waals surface area contributed by atoms with Crippen LogP contribution in [0.3, 0.4) is 0 Å². The van der Waals surface area contributed by atoms with E-state index >= 15 is 0 Å². The molecule has 1 atom stereocenters. The third kappa shape index (κ3) is 3.35. The van der Waals surface area contributed by atoms with Crippen molar-refractivity contribution in [3.63, 3.8) is 0 Å². The van der Waals surface area contributed by atoms with Crippen LogP contribution in [0.5, 0.6) is 5.75 Å². The first-order valence-electron chi connectivity index (χ1n) is 7.58. The molecule has 3 rings (SSSR count). The van der Waals surface area contributed by atoms with Crippen LogP contribution in [-0.2, 0) is 10.0 Å². The van der Waals surface area contributed by atoms with Gasteiger partial charge in [-0.05, 0) is 42.3 Å². The minimum absolute atomic E-state index is 0.208. The molecule has 25 heavy (non-hydrogen) atoms. The molecule has 2 aromatic rings. The Balaban J connectivity index is 1.91. The van der Waals surface area contributed by atoms with Crippen molar-refractivity contribution in [2.45, 2.75) is 17.4 Å². The minimum Gasteiger partial charge on any atom is -0.497 e. The summed E-state index contributed by atoms with van der Waals surface area (Å²) in [6, 6.07) is 10.0. The second-order valence-corrected chi connectivity index (χ2v) is 7.33. The number of methoxy groups -OCH3 is 1. The number of likely N-dealkylation sites (tertiary alicyclic amines) is 1. The highest BCUT2D eigenvalue weighted by Gasteiger charge is 2.35. The molecule has 0 spiro atoms. The van der Waals surface area contributed by atoms with E-state index in [9.17, 15) is 17.6 Å². The van der Waals surface area contributed by atoms with Crippen molar-refractivity contribution in [1.29, 1.82) is 0 Å². The van der Waals surface area contributed by atoms with Crippen LogP contribution in [0, 0.1) is 5.82 Å². The first kappa shape index (κ1) is 17.4. The molecule has 2 aromatic carbocycles. The van der Waals surface area contributed by atoms with E-state index in [0.717, 1.165) is 30.2 Å². The number of nitrogens with zero attached hydrogens (tertiary/aromatic N) is 1. The SMILES string of the molecule is COc1cccc([C@H]2CCN2C(=O)c2cc(S(N)(=O)=O)ccc2F)c1. The Morgan fingerprint density at radius 1 is 1.28 bits per heavy atom. The van der Waals surface area contributed by atoms with Gasteiger partial charge in [-0.3, -0.25) is 4.79 Å². The van der Waals surface area contributed by atoms with Gasteiger partial charge in [0.25, 0.3) is 5.91 Å². The predicted octanol–water partition coefficient (Wildman–Crippen LogP) is 2.07. The highest BCUT2D eigenvalue weighted by Crippen LogP contribution is 2.36. The zero-order chi connectivity index (χ0) is 18.2. The highest BCUT2D eigenvalue weighted by atomic mass is 32.2. The molecule has 6 nitrogen and oxygen atoms in total. The summed E-state index contributed by atoms with van der Waals surface area (Å²) in [5.74, 6) is -0.685. The average molecular weight is 364 g/mol. The fourth-order valence-corrected chi connectivity index (χ4v) is 3.37. The zero-order valence-electron chi connectivity index (χ0n) is 13.5. The van der Waals surface area contributed by atoms with Gasteiger partial charge in [-0.15, -0.1) is 0 Å². The normalized spacial score (nSPS) is 17.1. The molecule has 0 saturated carbocycles. The lowest BCUT2D eigenvalue weighted by Crippen LogP contribution is -2.45. The molecule has 0 radical (unpaired) electrons. The van der Waals surface area contributed by atoms with Gasteiger partial charge in [0.05, 0.1) is 23.6 Å². The van der Waals surface area contributed by atoms with Crippen LogP contribution in [0.25, 0.3) is 0 Å². The molecule has 0 bridgehead atoms. The number of carbonyl (C=O) groups is 1. The maximum atomic E-state index is 14.1. The van der Waals surface area contributed by atoms with Gasteiger partial charge in [-0.2, -0.15) is 0 Å². The molecule has 1 heterocycles. The van der Waals surface area contributed by atoms with Crippen LogP contribution < -0.4 is 9.88 Å². The van der Waals surface area contributed by atoms with E-state index in [4.69, 9.17) is 9.88 Å². The second-order valence-electron chi connectivity index (χ2n) is 5.77. The Labute approximate surface area is 145 Å². The largest absolute Gasteiger partial charge is 0.497 e. The van der Waals surface area contributed by atoms with E-state index in [1.807, 2.05) is 18.2 Å². The number of hydrogen-bond donors (Lipinski definition) is 1. The second kappa shape index (κ2) is 6.45. The Morgan fingerprint density at radius 2 is 2.04 bits per heavy atom. The summed E-state index contributed by atoms with van der Waals surface area (Å²) in [4.78, 5) is 13.9. The van der Waals surface area contributed by atoms with Crippen LogP contribution in [-0.4, -0.2) is 32.9 Å². The monoisotopic (exact) mass is 364 g/mol. The van der Waals surface area contributed by atoms with Crippen molar-refractivity contribution >= 4 is 15.9 Å². The van der Waals surface area contributed by atoms with E-state index in [1.165, 1.54) is 4.90 Å². The predicted molar refractivity (Wildman–Crippen MR) is 89.2 cm³/mol. The van der Waals surface area contributed by atoms with Gasteiger partial charge in [0.2, 0.25) is 10.0 Å². The van der Waals surface area contributed by atoms with Crippen molar-refractivity contribution in [3.05, 3.63) is 59.4 Å². The standard InChI is InChI=1S/C17H17FN2O4S/c1-24-12-4-2-3-11(9-12)16-7-8-20(16)17(21)14-10-13(25(19,22)23)5-6-15(14)18/h2-6,9-10,16H,7-8H2,1H3,(H2,19,22,23)/t16-/m1/s1. The third-order valence-electron chi connectivity index (χ3n) is 4.26. The molecule has 1 fully saturated rings. The quantitative estimate of drug-likeness (QED) is 0.899. The van der Waals surface area contributed by atoms with Crippen LogP contribution >= 0.6 is 0 Å². The van der Waals surface area contributed by atoms with Gasteiger partial charge in [0, 0.05) is 6.54 Å². The van der Waals surface area contributed by atoms with Crippen LogP contribution in [0.4, 0.5) is 4.39 Å². The molecular weight excluding hydrogens is 347 g/mol. The highest BCUT2D eigenvalue weighted by molar-refractivity contribution is 7.89. The summed E-state index contributed by atoms with van der Waals surface area (Å²) < 4.78 is 42.1. The first-order valence-corrected chi connectivity index (χ1v) is 9.13. The molecule has 2 N–H and O–H groups in total. The van der Waals surface area contributed by atoms with Gasteiger partial charge < -0.3 is 9.64 Å². The van der Waals surface area contributed by atoms with Gasteiger partial charge >= 0.3 is 0 Å². The molecule has 1 saturated heterocycles. The Bertz CT molecular complexity index is 930. The van der Waals surface area contributed by atoms with E-state index in [-0.39, 0.29) is 16.5 Å². The molecule has 1 amide bonds. The summed E-state index contributed by atoms with van der Waals surface area (Å²) in [7, 11) is -2.47. The summed E-state index contributed by atoms with van der Waals surface area (Å²) in [5.41, 5.74) is 0.570. The lowest BCUT2D eigenvalue weighted by atomic mass is 9.93. The summed E-state index contributed by atoms with van der Waals surface area (Å²) >= 11 is 0. The summed E-state index contributed by atoms with van der Waals surface area (Å²) in [6.45, 7) is 0.458. The number of primary sulfonamides is 1. The maximum absolute atomic E-state index is 14.1. The number of ether oxygens (including phenoxy) is 1. The maximum Gasteiger partial charge on any atom is 0.257 e. The molecular formula is C17H17FN2O4S. The first-order chi connectivity index (χ1) is 11.8. The van der Waals surface area contributed by atoms with Crippen molar-refractivity contribution in [2.24, 2.45) is 5.14 Å². The lowest BCUT2D eigenvalue weighted by molar-refractivity contribution is 0.0455. The number of carbonyl (C=O) groups excluding carboxylic acids is 1. The van der Waals surface area contributed by atoms with E-state index < -0.39 is 21.7 Å². The lowest BCUT2D eigenvalue weighted by Gasteiger charge is -2.41. The summed E-state index contributed by atoms with van der Waals surface area (Å²) in [5, 5.41) is 5.06. The average Bonchev–Trinajstić information content (AvgIpc) is 2.53. The van der Waals surface area contributed by atoms with Crippen molar-refractivity contribution in [3.8, 4) is 5.75 Å². The van der Waals surface area contributed by atoms with Gasteiger partial charge in [0.15, 0.2) is 0 Å². The fourth-order valence-electron chi connectivity index (χ4n) is 2.83. The molecule has 0 unspecified atom stereocenters. The number of hydrogen-bond acceptors (Lipinski definition) is 4. The van der Waals surface area contributed by atoms with Crippen LogP contribution in [0.1, 0.15) is 28.4 Å². The number of sulfonamides is 1. The molecule has 0 aliphatic carbocycles. The zero-order valence-corrected chi connectivity index (χ0v) is 14.3. The molecule has 1 aliphatic heterocycles. The van der Waals surface area contributed by atoms with E-state index in [0.29, 0.717) is 12.3 Å². The van der Waals surface area contributed by atoms with Crippen molar-refractivity contribution < 1.29 is 22.3 Å². The minimum atomic E-state index is -4.02. The molecule has 132 valence electrons. The van der Waals surface area contributed by atoms with Gasteiger partial charge in [-0.25, -0.2) is 17.9 Å². The number of benzene rings is 2. The van der Waals surface area contributed by atoms with Gasteiger partial charge in [0.1, 0.15) is 11.6 Å². The Morgan fingerprint density at radius 3 is 2.64 bits per heavy atom. The van der Waals surface area contributed by atoms with Gasteiger partial charge in [-0.1, -0.05) is 12.1 Å². The van der Waals surface area contributed by atoms with Crippen LogP contribution in [0.15, 0.2) is 47.4 Å². The number of amides is 1. The number of rotatable bonds is 4. The van der Waals surface area contributed by atoms with Crippen molar-refractivity contribution in [1.82, 2.24) is 4.90 Å². The van der Waals surface area contributed by atoms with E-state index in [1.54, 1.807) is 13.2 Å². The Hall–Kier alpha value is -2.45. The number of nitrogens with two attached hydrogens (primary N) is 1. The van der Waals surface area contributed by atoms with Crippen molar-refractivity contribution in [2.75, 3.05) is 13.7 Å². The molecule has 1 aliphatic rings. The van der Waals surface area contributed by atoms with E-state index in [2.05, 4.69) is 0 Å². The number of halogens is 1. The molecule has 0 aromatic heterocycles. The topological polar surface area (TPSA) is 89.7 Å². The Kier molecular flexibility index (Phi) is 4.49.